The highest BCUT2D eigenvalue weighted by molar-refractivity contribution is 6.76. The molecule has 0 radical (unpaired) electrons. The van der Waals surface area contributed by atoms with Crippen molar-refractivity contribution in [1.82, 2.24) is 19.5 Å². The van der Waals surface area contributed by atoms with E-state index in [2.05, 4.69) is 56.6 Å². The third-order valence-corrected chi connectivity index (χ3v) is 5.88. The van der Waals surface area contributed by atoms with Gasteiger partial charge in [0.15, 0.2) is 11.5 Å². The predicted octanol–water partition coefficient (Wildman–Crippen LogP) is 4.17. The van der Waals surface area contributed by atoms with Crippen molar-refractivity contribution in [2.75, 3.05) is 5.32 Å². The molecule has 2 aromatic heterocycles. The fourth-order valence-corrected chi connectivity index (χ4v) is 3.95. The lowest BCUT2D eigenvalue weighted by Gasteiger charge is -2.15. The maximum Gasteiger partial charge on any atom is 0.165 e. The van der Waals surface area contributed by atoms with Gasteiger partial charge in [0.05, 0.1) is 6.33 Å². The van der Waals surface area contributed by atoms with Crippen molar-refractivity contribution in [3.63, 3.8) is 0 Å². The topological polar surface area (TPSA) is 55.6 Å². The van der Waals surface area contributed by atoms with Gasteiger partial charge in [-0.2, -0.15) is 0 Å². The molecule has 24 heavy (non-hydrogen) atoms. The van der Waals surface area contributed by atoms with Gasteiger partial charge < -0.3 is 9.88 Å². The average molecular weight is 340 g/mol. The molecule has 2 heterocycles. The standard InChI is InChI=1S/C18H25N5Si/c1-24(2,3)11-7-10-23-14-22-16-17(20-13-21-18(16)23)19-12-15-8-5-4-6-9-15/h4-6,8-9,13-14H,7,10-12H2,1-3H3,(H,19,20,21). The first-order valence-electron chi connectivity index (χ1n) is 8.46. The molecule has 0 aliphatic carbocycles. The number of hydrogen-bond acceptors (Lipinski definition) is 4. The second-order valence-electron chi connectivity index (χ2n) is 7.34. The Hall–Kier alpha value is -2.21. The molecule has 3 rings (SSSR count). The molecule has 0 spiro atoms. The number of aryl methyl sites for hydroxylation is 1. The highest BCUT2D eigenvalue weighted by atomic mass is 28.3. The first kappa shape index (κ1) is 16.6. The van der Waals surface area contributed by atoms with Gasteiger partial charge in [-0.1, -0.05) is 56.0 Å². The van der Waals surface area contributed by atoms with Gasteiger partial charge in [-0.05, 0) is 12.0 Å². The van der Waals surface area contributed by atoms with E-state index in [1.54, 1.807) is 6.33 Å². The van der Waals surface area contributed by atoms with Crippen LogP contribution < -0.4 is 5.32 Å². The van der Waals surface area contributed by atoms with Crippen LogP contribution in [-0.4, -0.2) is 27.6 Å². The third-order valence-electron chi connectivity index (χ3n) is 4.03. The van der Waals surface area contributed by atoms with E-state index in [-0.39, 0.29) is 0 Å². The number of hydrogen-bond donors (Lipinski definition) is 1. The average Bonchev–Trinajstić information content (AvgIpc) is 2.97. The molecular weight excluding hydrogens is 314 g/mol. The van der Waals surface area contributed by atoms with E-state index in [0.29, 0.717) is 0 Å². The number of anilines is 1. The minimum absolute atomic E-state index is 0.732. The van der Waals surface area contributed by atoms with Gasteiger partial charge >= 0.3 is 0 Å². The van der Waals surface area contributed by atoms with Crippen LogP contribution in [0.15, 0.2) is 43.0 Å². The molecule has 0 atom stereocenters. The normalized spacial score (nSPS) is 11.8. The summed E-state index contributed by atoms with van der Waals surface area (Å²) in [5, 5.41) is 3.38. The van der Waals surface area contributed by atoms with Crippen molar-refractivity contribution in [1.29, 1.82) is 0 Å². The van der Waals surface area contributed by atoms with Gasteiger partial charge in [0.25, 0.3) is 0 Å². The third kappa shape index (κ3) is 4.20. The molecule has 0 amide bonds. The van der Waals surface area contributed by atoms with Crippen molar-refractivity contribution >= 4 is 25.1 Å². The van der Waals surface area contributed by atoms with Gasteiger partial charge in [0, 0.05) is 21.2 Å². The summed E-state index contributed by atoms with van der Waals surface area (Å²) in [6.45, 7) is 8.93. The number of aromatic nitrogens is 4. The van der Waals surface area contributed by atoms with Crippen LogP contribution in [0.1, 0.15) is 12.0 Å². The lowest BCUT2D eigenvalue weighted by molar-refractivity contribution is 0.685. The van der Waals surface area contributed by atoms with Crippen LogP contribution in [0.25, 0.3) is 11.2 Å². The zero-order chi connectivity index (χ0) is 17.0. The molecule has 0 unspecified atom stereocenters. The maximum atomic E-state index is 4.53. The van der Waals surface area contributed by atoms with Crippen LogP contribution in [0.5, 0.6) is 0 Å². The van der Waals surface area contributed by atoms with Gasteiger partial charge in [-0.25, -0.2) is 15.0 Å². The van der Waals surface area contributed by atoms with Crippen molar-refractivity contribution in [3.8, 4) is 0 Å². The fraction of sp³-hybridized carbons (Fsp3) is 0.389. The summed E-state index contributed by atoms with van der Waals surface area (Å²) < 4.78 is 2.14. The summed E-state index contributed by atoms with van der Waals surface area (Å²) in [5.41, 5.74) is 2.98. The number of nitrogens with one attached hydrogen (secondary N) is 1. The Kier molecular flexibility index (Phi) is 4.94. The van der Waals surface area contributed by atoms with Crippen LogP contribution in [0.4, 0.5) is 5.82 Å². The Morgan fingerprint density at radius 1 is 1.04 bits per heavy atom. The summed E-state index contributed by atoms with van der Waals surface area (Å²) in [6, 6.07) is 11.6. The molecule has 0 bridgehead atoms. The SMILES string of the molecule is C[Si](C)(C)CCCn1cnc2c(NCc3ccccc3)ncnc21. The first-order chi connectivity index (χ1) is 11.5. The van der Waals surface area contributed by atoms with E-state index < -0.39 is 8.07 Å². The van der Waals surface area contributed by atoms with Crippen LogP contribution in [0.3, 0.4) is 0 Å². The van der Waals surface area contributed by atoms with E-state index in [0.717, 1.165) is 30.1 Å². The molecule has 0 aliphatic rings. The van der Waals surface area contributed by atoms with Gasteiger partial charge in [0.1, 0.15) is 11.8 Å². The molecule has 0 saturated carbocycles. The highest BCUT2D eigenvalue weighted by Gasteiger charge is 2.14. The Labute approximate surface area is 144 Å². The molecule has 0 saturated heterocycles. The molecule has 6 heteroatoms. The van der Waals surface area contributed by atoms with E-state index >= 15 is 0 Å². The van der Waals surface area contributed by atoms with Crippen molar-refractivity contribution in [2.24, 2.45) is 0 Å². The minimum atomic E-state index is -0.998. The van der Waals surface area contributed by atoms with Crippen LogP contribution in [0, 0.1) is 0 Å². The summed E-state index contributed by atoms with van der Waals surface area (Å²) in [5.74, 6) is 0.799. The largest absolute Gasteiger partial charge is 0.364 e. The zero-order valence-corrected chi connectivity index (χ0v) is 15.7. The van der Waals surface area contributed by atoms with E-state index in [9.17, 15) is 0 Å². The second kappa shape index (κ2) is 7.13. The number of rotatable bonds is 7. The van der Waals surface area contributed by atoms with Gasteiger partial charge in [-0.15, -0.1) is 0 Å². The number of nitrogens with zero attached hydrogens (tertiary/aromatic N) is 4. The highest BCUT2D eigenvalue weighted by Crippen LogP contribution is 2.19. The Morgan fingerprint density at radius 2 is 1.83 bits per heavy atom. The molecule has 126 valence electrons. The summed E-state index contributed by atoms with van der Waals surface area (Å²) in [4.78, 5) is 13.3. The molecule has 0 fully saturated rings. The fourth-order valence-electron chi connectivity index (χ4n) is 2.74. The Morgan fingerprint density at radius 3 is 2.58 bits per heavy atom. The summed E-state index contributed by atoms with van der Waals surface area (Å²) in [6.07, 6.45) is 4.68. The first-order valence-corrected chi connectivity index (χ1v) is 12.2. The van der Waals surface area contributed by atoms with Crippen molar-refractivity contribution in [2.45, 2.75) is 45.2 Å². The Bertz CT molecular complexity index is 792. The predicted molar refractivity (Wildman–Crippen MR) is 102 cm³/mol. The van der Waals surface area contributed by atoms with Crippen LogP contribution in [-0.2, 0) is 13.1 Å². The van der Waals surface area contributed by atoms with Crippen LogP contribution in [0.2, 0.25) is 25.7 Å². The molecule has 1 N–H and O–H groups in total. The molecule has 3 aromatic rings. The van der Waals surface area contributed by atoms with Crippen molar-refractivity contribution in [3.05, 3.63) is 48.5 Å². The maximum absolute atomic E-state index is 4.53. The lowest BCUT2D eigenvalue weighted by Crippen LogP contribution is -2.19. The molecule has 1 aromatic carbocycles. The minimum Gasteiger partial charge on any atom is -0.364 e. The lowest BCUT2D eigenvalue weighted by atomic mass is 10.2. The van der Waals surface area contributed by atoms with E-state index in [1.165, 1.54) is 18.0 Å². The molecular formula is C18H25N5Si. The smallest absolute Gasteiger partial charge is 0.165 e. The van der Waals surface area contributed by atoms with Crippen LogP contribution >= 0.6 is 0 Å². The van der Waals surface area contributed by atoms with Crippen molar-refractivity contribution < 1.29 is 0 Å². The molecule has 0 aliphatic heterocycles. The Balaban J connectivity index is 1.71. The van der Waals surface area contributed by atoms with Gasteiger partial charge in [-0.3, -0.25) is 0 Å². The zero-order valence-electron chi connectivity index (χ0n) is 14.7. The number of imidazole rings is 1. The second-order valence-corrected chi connectivity index (χ2v) is 13.0. The van der Waals surface area contributed by atoms with Gasteiger partial charge in [0.2, 0.25) is 0 Å². The van der Waals surface area contributed by atoms with E-state index in [1.807, 2.05) is 24.5 Å². The molecule has 5 nitrogen and oxygen atoms in total. The quantitative estimate of drug-likeness (QED) is 0.657. The monoisotopic (exact) mass is 339 g/mol. The number of fused-ring (bicyclic) bond motifs is 1. The summed E-state index contributed by atoms with van der Waals surface area (Å²) in [7, 11) is -0.998. The summed E-state index contributed by atoms with van der Waals surface area (Å²) >= 11 is 0. The number of benzene rings is 1. The van der Waals surface area contributed by atoms with E-state index in [4.69, 9.17) is 0 Å².